The molecule has 1 unspecified atom stereocenters. The molecule has 0 aliphatic rings. The Bertz CT molecular complexity index is 625. The van der Waals surface area contributed by atoms with Crippen LogP contribution in [-0.4, -0.2) is 6.04 Å². The summed E-state index contributed by atoms with van der Waals surface area (Å²) in [5.74, 6) is 1.79. The zero-order valence-corrected chi connectivity index (χ0v) is 14.4. The first-order valence-corrected chi connectivity index (χ1v) is 8.08. The smallest absolute Gasteiger partial charge is 0.130 e. The van der Waals surface area contributed by atoms with E-state index in [0.29, 0.717) is 0 Å². The molecule has 0 amide bonds. The lowest BCUT2D eigenvalue weighted by Gasteiger charge is -2.14. The molecule has 0 aliphatic heterocycles. The van der Waals surface area contributed by atoms with Crippen LogP contribution in [0.1, 0.15) is 30.0 Å². The van der Waals surface area contributed by atoms with Gasteiger partial charge in [0.05, 0.1) is 0 Å². The van der Waals surface area contributed by atoms with Crippen molar-refractivity contribution in [3.8, 4) is 11.5 Å². The summed E-state index contributed by atoms with van der Waals surface area (Å²) in [5.41, 5.74) is 9.53. The minimum Gasteiger partial charge on any atom is -0.457 e. The second-order valence-corrected chi connectivity index (χ2v) is 6.40. The Balaban J connectivity index is 2.17. The fourth-order valence-electron chi connectivity index (χ4n) is 2.25. The predicted molar refractivity (Wildman–Crippen MR) is 92.1 cm³/mol. The summed E-state index contributed by atoms with van der Waals surface area (Å²) in [6, 6.07) is 12.6. The van der Waals surface area contributed by atoms with Crippen LogP contribution >= 0.6 is 15.9 Å². The van der Waals surface area contributed by atoms with Gasteiger partial charge in [-0.15, -0.1) is 0 Å². The third kappa shape index (κ3) is 4.32. The van der Waals surface area contributed by atoms with E-state index in [4.69, 9.17) is 10.5 Å². The van der Waals surface area contributed by atoms with Crippen LogP contribution in [0.3, 0.4) is 0 Å². The normalized spacial score (nSPS) is 12.2. The number of halogens is 1. The van der Waals surface area contributed by atoms with Crippen molar-refractivity contribution >= 4 is 15.9 Å². The third-order valence-electron chi connectivity index (χ3n) is 3.62. The van der Waals surface area contributed by atoms with Crippen molar-refractivity contribution in [2.75, 3.05) is 0 Å². The van der Waals surface area contributed by atoms with Crippen LogP contribution in [-0.2, 0) is 6.42 Å². The lowest BCUT2D eigenvalue weighted by molar-refractivity contribution is 0.474. The van der Waals surface area contributed by atoms with E-state index in [2.05, 4.69) is 48.0 Å². The van der Waals surface area contributed by atoms with Gasteiger partial charge in [-0.2, -0.15) is 0 Å². The standard InChI is InChI=1S/C18H22BrNO/c1-4-16(20)11-14-5-7-17(12(2)9-14)21-18-8-6-15(19)10-13(18)3/h5-10,16H,4,11,20H2,1-3H3. The minimum atomic E-state index is 0.227. The molecule has 2 aromatic rings. The number of hydrogen-bond donors (Lipinski definition) is 1. The Labute approximate surface area is 135 Å². The number of aryl methyl sites for hydroxylation is 2. The van der Waals surface area contributed by atoms with E-state index in [1.54, 1.807) is 0 Å². The second-order valence-electron chi connectivity index (χ2n) is 5.48. The Kier molecular flexibility index (Phi) is 5.43. The number of hydrogen-bond acceptors (Lipinski definition) is 2. The molecule has 0 saturated carbocycles. The average Bonchev–Trinajstić information content (AvgIpc) is 2.44. The van der Waals surface area contributed by atoms with Crippen LogP contribution in [0.5, 0.6) is 11.5 Å². The fourth-order valence-corrected chi connectivity index (χ4v) is 2.72. The van der Waals surface area contributed by atoms with Crippen LogP contribution in [0.15, 0.2) is 40.9 Å². The van der Waals surface area contributed by atoms with Gasteiger partial charge < -0.3 is 10.5 Å². The van der Waals surface area contributed by atoms with Gasteiger partial charge in [-0.05, 0) is 67.6 Å². The maximum Gasteiger partial charge on any atom is 0.130 e. The highest BCUT2D eigenvalue weighted by atomic mass is 79.9. The number of nitrogens with two attached hydrogens (primary N) is 1. The SMILES string of the molecule is CCC(N)Cc1ccc(Oc2ccc(Br)cc2C)c(C)c1. The first-order chi connectivity index (χ1) is 9.99. The Morgan fingerprint density at radius 3 is 2.24 bits per heavy atom. The van der Waals surface area contributed by atoms with E-state index in [1.807, 2.05) is 25.1 Å². The van der Waals surface area contributed by atoms with E-state index in [0.717, 1.165) is 39.9 Å². The van der Waals surface area contributed by atoms with E-state index in [1.165, 1.54) is 5.56 Å². The summed E-state index contributed by atoms with van der Waals surface area (Å²) in [5, 5.41) is 0. The molecule has 0 heterocycles. The van der Waals surface area contributed by atoms with Crippen molar-refractivity contribution in [1.82, 2.24) is 0 Å². The Hall–Kier alpha value is -1.32. The van der Waals surface area contributed by atoms with Crippen LogP contribution in [0.4, 0.5) is 0 Å². The van der Waals surface area contributed by atoms with Crippen molar-refractivity contribution in [3.63, 3.8) is 0 Å². The molecule has 0 aromatic heterocycles. The zero-order chi connectivity index (χ0) is 15.4. The first-order valence-electron chi connectivity index (χ1n) is 7.28. The highest BCUT2D eigenvalue weighted by Gasteiger charge is 2.07. The molecule has 0 fully saturated rings. The van der Waals surface area contributed by atoms with Crippen molar-refractivity contribution in [1.29, 1.82) is 0 Å². The monoisotopic (exact) mass is 347 g/mol. The topological polar surface area (TPSA) is 35.2 Å². The highest BCUT2D eigenvalue weighted by molar-refractivity contribution is 9.10. The van der Waals surface area contributed by atoms with Gasteiger partial charge in [-0.1, -0.05) is 35.0 Å². The molecule has 2 N–H and O–H groups in total. The molecule has 1 atom stereocenters. The second kappa shape index (κ2) is 7.10. The van der Waals surface area contributed by atoms with E-state index >= 15 is 0 Å². The molecule has 0 radical (unpaired) electrons. The van der Waals surface area contributed by atoms with Gasteiger partial charge >= 0.3 is 0 Å². The van der Waals surface area contributed by atoms with Crippen molar-refractivity contribution in [3.05, 3.63) is 57.6 Å². The van der Waals surface area contributed by atoms with Crippen LogP contribution < -0.4 is 10.5 Å². The quantitative estimate of drug-likeness (QED) is 0.812. The summed E-state index contributed by atoms with van der Waals surface area (Å²) in [7, 11) is 0. The van der Waals surface area contributed by atoms with Gasteiger partial charge in [0.2, 0.25) is 0 Å². The first kappa shape index (κ1) is 16.1. The summed E-state index contributed by atoms with van der Waals surface area (Å²) in [6.45, 7) is 6.24. The third-order valence-corrected chi connectivity index (χ3v) is 4.11. The molecule has 2 aromatic carbocycles. The molecule has 3 heteroatoms. The van der Waals surface area contributed by atoms with Crippen LogP contribution in [0, 0.1) is 13.8 Å². The molecular weight excluding hydrogens is 326 g/mol. The molecular formula is C18H22BrNO. The Morgan fingerprint density at radius 1 is 1.05 bits per heavy atom. The van der Waals surface area contributed by atoms with Gasteiger partial charge in [0.15, 0.2) is 0 Å². The minimum absolute atomic E-state index is 0.227. The molecule has 21 heavy (non-hydrogen) atoms. The van der Waals surface area contributed by atoms with E-state index < -0.39 is 0 Å². The molecule has 0 spiro atoms. The van der Waals surface area contributed by atoms with Gasteiger partial charge in [0.25, 0.3) is 0 Å². The number of ether oxygens (including phenoxy) is 1. The summed E-state index contributed by atoms with van der Waals surface area (Å²) in [4.78, 5) is 0. The number of benzene rings is 2. The predicted octanol–water partition coefficient (Wildman–Crippen LogP) is 5.14. The highest BCUT2D eigenvalue weighted by Crippen LogP contribution is 2.30. The van der Waals surface area contributed by atoms with Crippen molar-refractivity contribution < 1.29 is 4.74 Å². The van der Waals surface area contributed by atoms with Crippen LogP contribution in [0.2, 0.25) is 0 Å². The molecule has 2 rings (SSSR count). The molecule has 0 bridgehead atoms. The molecule has 0 aliphatic carbocycles. The molecule has 112 valence electrons. The lowest BCUT2D eigenvalue weighted by atomic mass is 10.0. The molecule has 2 nitrogen and oxygen atoms in total. The van der Waals surface area contributed by atoms with Gasteiger partial charge in [0.1, 0.15) is 11.5 Å². The fraction of sp³-hybridized carbons (Fsp3) is 0.333. The van der Waals surface area contributed by atoms with Crippen molar-refractivity contribution in [2.45, 2.75) is 39.7 Å². The largest absolute Gasteiger partial charge is 0.457 e. The van der Waals surface area contributed by atoms with Crippen molar-refractivity contribution in [2.24, 2.45) is 5.73 Å². The van der Waals surface area contributed by atoms with Crippen LogP contribution in [0.25, 0.3) is 0 Å². The molecule has 0 saturated heterocycles. The van der Waals surface area contributed by atoms with E-state index in [9.17, 15) is 0 Å². The van der Waals surface area contributed by atoms with E-state index in [-0.39, 0.29) is 6.04 Å². The summed E-state index contributed by atoms with van der Waals surface area (Å²) in [6.07, 6.45) is 1.91. The lowest BCUT2D eigenvalue weighted by Crippen LogP contribution is -2.21. The van der Waals surface area contributed by atoms with Gasteiger partial charge in [-0.3, -0.25) is 0 Å². The summed E-state index contributed by atoms with van der Waals surface area (Å²) >= 11 is 3.47. The van der Waals surface area contributed by atoms with Gasteiger partial charge in [0, 0.05) is 10.5 Å². The maximum atomic E-state index is 6.03. The van der Waals surface area contributed by atoms with Gasteiger partial charge in [-0.25, -0.2) is 0 Å². The average molecular weight is 348 g/mol. The maximum absolute atomic E-state index is 6.03. The number of rotatable bonds is 5. The summed E-state index contributed by atoms with van der Waals surface area (Å²) < 4.78 is 7.09. The zero-order valence-electron chi connectivity index (χ0n) is 12.8. The Morgan fingerprint density at radius 2 is 1.67 bits per heavy atom.